The van der Waals surface area contributed by atoms with E-state index in [1.165, 1.54) is 5.56 Å². The largest absolute Gasteiger partial charge is 0.497 e. The molecule has 1 aromatic heterocycles. The lowest BCUT2D eigenvalue weighted by Crippen LogP contribution is -2.51. The monoisotopic (exact) mass is 789 g/mol. The molecule has 3 N–H and O–H groups in total. The number of fused-ring (bicyclic) bond motifs is 1. The Bertz CT molecular complexity index is 2220. The third-order valence-electron chi connectivity index (χ3n) is 10.8. The van der Waals surface area contributed by atoms with Gasteiger partial charge in [0.1, 0.15) is 18.4 Å². The molecule has 3 atom stereocenters. The second-order valence-corrected chi connectivity index (χ2v) is 15.0. The number of allylic oxidation sites excluding steroid dienone is 1. The van der Waals surface area contributed by atoms with E-state index in [0.717, 1.165) is 64.6 Å². The van der Waals surface area contributed by atoms with E-state index in [-0.39, 0.29) is 31.3 Å². The van der Waals surface area contributed by atoms with E-state index in [1.807, 2.05) is 146 Å². The first-order valence-corrected chi connectivity index (χ1v) is 20.7. The number of carbonyl (C=O) groups is 3. The zero-order valence-electron chi connectivity index (χ0n) is 33.9. The lowest BCUT2D eigenvalue weighted by Gasteiger charge is -2.27. The summed E-state index contributed by atoms with van der Waals surface area (Å²) in [6, 6.07) is 44.6. The molecule has 6 rings (SSSR count). The number of carbonyl (C=O) groups excluding carboxylic acids is 3. The third-order valence-corrected chi connectivity index (χ3v) is 10.8. The van der Waals surface area contributed by atoms with Gasteiger partial charge in [-0.05, 0) is 78.1 Å². The van der Waals surface area contributed by atoms with E-state index < -0.39 is 23.8 Å². The highest BCUT2D eigenvalue weighted by molar-refractivity contribution is 5.92. The maximum Gasteiger partial charge on any atom is 0.310 e. The Morgan fingerprint density at radius 1 is 0.678 bits per heavy atom. The minimum Gasteiger partial charge on any atom is -0.497 e. The average molecular weight is 790 g/mol. The van der Waals surface area contributed by atoms with E-state index in [2.05, 4.69) is 27.8 Å². The highest BCUT2D eigenvalue weighted by Gasteiger charge is 2.36. The fraction of sp³-hybridized carbons (Fsp3) is 0.275. The topological polar surface area (TPSA) is 110 Å². The van der Waals surface area contributed by atoms with Crippen molar-refractivity contribution < 1.29 is 23.9 Å². The number of H-pyrrole nitrogens is 1. The molecule has 1 heterocycles. The van der Waals surface area contributed by atoms with E-state index in [9.17, 15) is 14.4 Å². The quantitative estimate of drug-likeness (QED) is 0.0469. The van der Waals surface area contributed by atoms with E-state index >= 15 is 0 Å². The number of ether oxygens (including phenoxy) is 2. The fourth-order valence-corrected chi connectivity index (χ4v) is 7.46. The Hall–Kier alpha value is -6.41. The van der Waals surface area contributed by atoms with Crippen LogP contribution in [0, 0.1) is 11.8 Å². The first-order chi connectivity index (χ1) is 29.0. The number of hydrogen-bond donors (Lipinski definition) is 3. The molecule has 0 fully saturated rings. The maximum absolute atomic E-state index is 14.8. The van der Waals surface area contributed by atoms with Crippen LogP contribution in [-0.4, -0.2) is 42.5 Å². The van der Waals surface area contributed by atoms with Crippen molar-refractivity contribution in [1.82, 2.24) is 15.6 Å². The Morgan fingerprint density at radius 3 is 2.02 bits per heavy atom. The van der Waals surface area contributed by atoms with Gasteiger partial charge in [0.05, 0.1) is 18.9 Å². The van der Waals surface area contributed by atoms with Gasteiger partial charge in [0.15, 0.2) is 0 Å². The van der Waals surface area contributed by atoms with Crippen LogP contribution in [0.25, 0.3) is 17.0 Å². The number of rotatable bonds is 22. The third kappa shape index (κ3) is 13.1. The molecule has 0 saturated heterocycles. The number of aromatic nitrogens is 1. The Labute approximate surface area is 348 Å². The summed E-state index contributed by atoms with van der Waals surface area (Å²) in [5, 5.41) is 7.21. The number of para-hydroxylation sites is 1. The Morgan fingerprint density at radius 2 is 1.32 bits per heavy atom. The van der Waals surface area contributed by atoms with Crippen molar-refractivity contribution in [2.75, 3.05) is 13.7 Å². The van der Waals surface area contributed by atoms with Crippen LogP contribution in [-0.2, 0) is 45.0 Å². The summed E-state index contributed by atoms with van der Waals surface area (Å²) in [5.41, 5.74) is 6.05. The normalized spacial score (nSPS) is 12.8. The molecule has 0 aliphatic carbocycles. The van der Waals surface area contributed by atoms with E-state index in [1.54, 1.807) is 7.11 Å². The van der Waals surface area contributed by atoms with Crippen molar-refractivity contribution in [1.29, 1.82) is 0 Å². The molecule has 8 nitrogen and oxygen atoms in total. The minimum atomic E-state index is -0.891. The molecular formula is C51H55N3O5. The van der Waals surface area contributed by atoms with Gasteiger partial charge in [-0.3, -0.25) is 14.4 Å². The van der Waals surface area contributed by atoms with Gasteiger partial charge < -0.3 is 25.1 Å². The second kappa shape index (κ2) is 22.5. The van der Waals surface area contributed by atoms with Crippen LogP contribution in [0.4, 0.5) is 0 Å². The predicted molar refractivity (Wildman–Crippen MR) is 236 cm³/mol. The summed E-state index contributed by atoms with van der Waals surface area (Å²) in [6.07, 6.45) is 11.0. The van der Waals surface area contributed by atoms with Gasteiger partial charge in [-0.15, -0.1) is 0 Å². The molecule has 0 aliphatic heterocycles. The zero-order valence-corrected chi connectivity index (χ0v) is 33.9. The maximum atomic E-state index is 14.8. The van der Waals surface area contributed by atoms with Crippen molar-refractivity contribution in [2.45, 2.75) is 64.0 Å². The zero-order chi connectivity index (χ0) is 41.1. The molecule has 6 aromatic rings. The lowest BCUT2D eigenvalue weighted by atomic mass is 9.83. The minimum absolute atomic E-state index is 0.104. The number of unbranched alkanes of at least 4 members (excludes halogenated alkanes) is 2. The first kappa shape index (κ1) is 42.2. The molecule has 5 aromatic carbocycles. The lowest BCUT2D eigenvalue weighted by molar-refractivity contribution is -0.155. The summed E-state index contributed by atoms with van der Waals surface area (Å²) in [5.74, 6) is -1.86. The van der Waals surface area contributed by atoms with Crippen LogP contribution >= 0.6 is 0 Å². The number of aryl methyl sites for hydroxylation is 1. The molecule has 0 aliphatic rings. The molecule has 2 amide bonds. The second-order valence-electron chi connectivity index (χ2n) is 15.0. The molecule has 0 radical (unpaired) electrons. The van der Waals surface area contributed by atoms with Gasteiger partial charge in [0.2, 0.25) is 11.8 Å². The van der Waals surface area contributed by atoms with Crippen LogP contribution in [0.2, 0.25) is 0 Å². The van der Waals surface area contributed by atoms with Gasteiger partial charge in [-0.1, -0.05) is 146 Å². The van der Waals surface area contributed by atoms with Crippen molar-refractivity contribution in [3.05, 3.63) is 180 Å². The van der Waals surface area contributed by atoms with Gasteiger partial charge in [-0.2, -0.15) is 0 Å². The Kier molecular flexibility index (Phi) is 16.1. The average Bonchev–Trinajstić information content (AvgIpc) is 3.69. The van der Waals surface area contributed by atoms with Crippen molar-refractivity contribution in [2.24, 2.45) is 11.8 Å². The standard InChI is InChI=1S/C51H55N3O5/c1-58-43-31-29-40(30-32-43)24-16-27-45(46(51(57)59-37-41-22-11-4-12-23-41)26-13-5-10-19-38-17-6-2-7-18-38)49(55)54-48(35-42-36-53-47-28-15-14-25-44(42)47)50(56)52-34-33-39-20-8-3-9-21-39/h2-4,6-9,11-12,14-18,20-25,28-32,36,45-46,48,53H,5,10,13,19,26-27,33-35,37H2,1H3,(H,52,56)(H,54,55)/b24-16+/t45-,46+,48+/m1/s1. The van der Waals surface area contributed by atoms with Gasteiger partial charge >= 0.3 is 5.97 Å². The van der Waals surface area contributed by atoms with E-state index in [4.69, 9.17) is 9.47 Å². The number of nitrogens with one attached hydrogen (secondary N) is 3. The highest BCUT2D eigenvalue weighted by Crippen LogP contribution is 2.28. The summed E-state index contributed by atoms with van der Waals surface area (Å²) >= 11 is 0. The Balaban J connectivity index is 1.25. The molecule has 59 heavy (non-hydrogen) atoms. The predicted octanol–water partition coefficient (Wildman–Crippen LogP) is 9.45. The van der Waals surface area contributed by atoms with Crippen LogP contribution in [0.15, 0.2) is 152 Å². The fourth-order valence-electron chi connectivity index (χ4n) is 7.46. The van der Waals surface area contributed by atoms with Crippen LogP contribution in [0.3, 0.4) is 0 Å². The molecule has 304 valence electrons. The van der Waals surface area contributed by atoms with Crippen molar-refractivity contribution in [3.8, 4) is 5.75 Å². The molecule has 0 spiro atoms. The van der Waals surface area contributed by atoms with Crippen molar-refractivity contribution in [3.63, 3.8) is 0 Å². The van der Waals surface area contributed by atoms with E-state index in [0.29, 0.717) is 19.4 Å². The summed E-state index contributed by atoms with van der Waals surface area (Å²) in [7, 11) is 1.63. The number of aromatic amines is 1. The van der Waals surface area contributed by atoms with Crippen LogP contribution in [0.1, 0.15) is 59.9 Å². The molecule has 8 heteroatoms. The number of hydrogen-bond acceptors (Lipinski definition) is 5. The molecule has 0 unspecified atom stereocenters. The number of methoxy groups -OCH3 is 1. The highest BCUT2D eigenvalue weighted by atomic mass is 16.5. The molecule has 0 bridgehead atoms. The number of esters is 1. The van der Waals surface area contributed by atoms with Crippen molar-refractivity contribution >= 4 is 34.8 Å². The first-order valence-electron chi connectivity index (χ1n) is 20.7. The number of amides is 2. The van der Waals surface area contributed by atoms with Crippen LogP contribution < -0.4 is 15.4 Å². The summed E-state index contributed by atoms with van der Waals surface area (Å²) in [4.78, 5) is 46.4. The van der Waals surface area contributed by atoms with Gasteiger partial charge in [0, 0.05) is 30.1 Å². The van der Waals surface area contributed by atoms with Crippen LogP contribution in [0.5, 0.6) is 5.75 Å². The molecular weight excluding hydrogens is 735 g/mol. The summed E-state index contributed by atoms with van der Waals surface area (Å²) in [6.45, 7) is 0.516. The smallest absolute Gasteiger partial charge is 0.310 e. The SMILES string of the molecule is COc1ccc(/C=C/C[C@@H](C(=O)N[C@@H](Cc2c[nH]c3ccccc23)C(=O)NCCc2ccccc2)[C@H](CCCCCc2ccccc2)C(=O)OCc2ccccc2)cc1. The number of benzene rings is 5. The summed E-state index contributed by atoms with van der Waals surface area (Å²) < 4.78 is 11.3. The van der Waals surface area contributed by atoms with Gasteiger partial charge in [0.25, 0.3) is 0 Å². The van der Waals surface area contributed by atoms with Gasteiger partial charge in [-0.25, -0.2) is 0 Å². The molecule has 0 saturated carbocycles.